The molecule has 0 bridgehead atoms. The van der Waals surface area contributed by atoms with Crippen molar-refractivity contribution in [3.8, 4) is 16.8 Å². The zero-order valence-electron chi connectivity index (χ0n) is 15.1. The van der Waals surface area contributed by atoms with E-state index in [4.69, 9.17) is 10.8 Å². The Morgan fingerprint density at radius 2 is 1.81 bits per heavy atom. The normalized spacial score (nSPS) is 16.4. The molecule has 5 heteroatoms. The maximum Gasteiger partial charge on any atom is 0.223 e. The quantitative estimate of drug-likeness (QED) is 0.730. The molecule has 1 aromatic carbocycles. The SMILES string of the molecule is NC(=O)Cc1ncccc1-c1ccc(-n2nc(C3CC3)cc2C2CC2)cc1. The van der Waals surface area contributed by atoms with Crippen LogP contribution >= 0.6 is 0 Å². The summed E-state index contributed by atoms with van der Waals surface area (Å²) in [5.41, 5.74) is 11.7. The van der Waals surface area contributed by atoms with Gasteiger partial charge in [0.25, 0.3) is 0 Å². The van der Waals surface area contributed by atoms with Crippen LogP contribution in [-0.2, 0) is 11.2 Å². The molecule has 0 spiro atoms. The minimum atomic E-state index is -0.371. The first-order chi connectivity index (χ1) is 13.2. The molecule has 2 N–H and O–H groups in total. The Hall–Kier alpha value is -2.95. The van der Waals surface area contributed by atoms with Gasteiger partial charge in [0.05, 0.1) is 23.5 Å². The molecule has 2 aromatic heterocycles. The van der Waals surface area contributed by atoms with E-state index in [1.807, 2.05) is 12.1 Å². The lowest BCUT2D eigenvalue weighted by Gasteiger charge is -2.10. The fourth-order valence-corrected chi connectivity index (χ4v) is 3.66. The standard InChI is InChI=1S/C22H22N4O/c23-22(27)13-20-18(2-1-11-24-20)14-7-9-17(10-8-14)26-21(16-5-6-16)12-19(25-26)15-3-4-15/h1-2,7-12,15-16H,3-6,13H2,(H2,23,27). The molecule has 2 aliphatic carbocycles. The third-order valence-corrected chi connectivity index (χ3v) is 5.40. The van der Waals surface area contributed by atoms with Gasteiger partial charge in [0.2, 0.25) is 5.91 Å². The molecule has 5 rings (SSSR count). The van der Waals surface area contributed by atoms with Crippen LogP contribution in [0.15, 0.2) is 48.7 Å². The van der Waals surface area contributed by atoms with Gasteiger partial charge in [-0.3, -0.25) is 9.78 Å². The van der Waals surface area contributed by atoms with Gasteiger partial charge in [-0.2, -0.15) is 5.10 Å². The van der Waals surface area contributed by atoms with Crippen molar-refractivity contribution in [1.29, 1.82) is 0 Å². The molecule has 2 heterocycles. The lowest BCUT2D eigenvalue weighted by molar-refractivity contribution is -0.117. The molecular formula is C22H22N4O. The van der Waals surface area contributed by atoms with Crippen molar-refractivity contribution in [2.24, 2.45) is 5.73 Å². The maximum atomic E-state index is 11.3. The van der Waals surface area contributed by atoms with Crippen LogP contribution in [0, 0.1) is 0 Å². The number of aromatic nitrogens is 3. The number of nitrogens with two attached hydrogens (primary N) is 1. The predicted molar refractivity (Wildman–Crippen MR) is 104 cm³/mol. The minimum Gasteiger partial charge on any atom is -0.369 e. The topological polar surface area (TPSA) is 73.8 Å². The van der Waals surface area contributed by atoms with Gasteiger partial charge in [-0.05, 0) is 55.5 Å². The highest BCUT2D eigenvalue weighted by Crippen LogP contribution is 2.45. The molecule has 0 atom stereocenters. The lowest BCUT2D eigenvalue weighted by Crippen LogP contribution is -2.15. The van der Waals surface area contributed by atoms with Crippen molar-refractivity contribution in [3.63, 3.8) is 0 Å². The van der Waals surface area contributed by atoms with Crippen LogP contribution < -0.4 is 5.73 Å². The van der Waals surface area contributed by atoms with E-state index in [2.05, 4.69) is 40.0 Å². The molecule has 136 valence electrons. The number of benzene rings is 1. The summed E-state index contributed by atoms with van der Waals surface area (Å²) in [6, 6.07) is 14.5. The molecule has 2 saturated carbocycles. The highest BCUT2D eigenvalue weighted by Gasteiger charge is 2.32. The second kappa shape index (κ2) is 6.34. The lowest BCUT2D eigenvalue weighted by atomic mass is 10.0. The number of nitrogens with zero attached hydrogens (tertiary/aromatic N) is 3. The summed E-state index contributed by atoms with van der Waals surface area (Å²) in [5.74, 6) is 0.949. The van der Waals surface area contributed by atoms with E-state index in [1.165, 1.54) is 37.1 Å². The Balaban J connectivity index is 1.49. The Labute approximate surface area is 158 Å². The van der Waals surface area contributed by atoms with Gasteiger partial charge in [0, 0.05) is 29.3 Å². The monoisotopic (exact) mass is 358 g/mol. The summed E-state index contributed by atoms with van der Waals surface area (Å²) in [5, 5.41) is 4.91. The van der Waals surface area contributed by atoms with E-state index >= 15 is 0 Å². The molecule has 1 amide bonds. The molecular weight excluding hydrogens is 336 g/mol. The number of pyridine rings is 1. The molecule has 0 radical (unpaired) electrons. The maximum absolute atomic E-state index is 11.3. The molecule has 2 aliphatic rings. The largest absolute Gasteiger partial charge is 0.369 e. The zero-order chi connectivity index (χ0) is 18.4. The van der Waals surface area contributed by atoms with Gasteiger partial charge in [-0.25, -0.2) is 4.68 Å². The summed E-state index contributed by atoms with van der Waals surface area (Å²) in [4.78, 5) is 15.7. The van der Waals surface area contributed by atoms with Gasteiger partial charge in [0.1, 0.15) is 0 Å². The second-order valence-electron chi connectivity index (χ2n) is 7.64. The van der Waals surface area contributed by atoms with Crippen LogP contribution in [0.2, 0.25) is 0 Å². The van der Waals surface area contributed by atoms with Gasteiger partial charge >= 0.3 is 0 Å². The van der Waals surface area contributed by atoms with Crippen molar-refractivity contribution in [3.05, 3.63) is 65.7 Å². The molecule has 0 saturated heterocycles. The third-order valence-electron chi connectivity index (χ3n) is 5.40. The van der Waals surface area contributed by atoms with Crippen molar-refractivity contribution in [1.82, 2.24) is 14.8 Å². The van der Waals surface area contributed by atoms with E-state index in [-0.39, 0.29) is 12.3 Å². The van der Waals surface area contributed by atoms with Gasteiger partial charge in [-0.15, -0.1) is 0 Å². The van der Waals surface area contributed by atoms with E-state index in [0.717, 1.165) is 16.8 Å². The highest BCUT2D eigenvalue weighted by atomic mass is 16.1. The Morgan fingerprint density at radius 3 is 2.48 bits per heavy atom. The predicted octanol–water partition coefficient (Wildman–Crippen LogP) is 3.72. The summed E-state index contributed by atoms with van der Waals surface area (Å²) >= 11 is 0. The molecule has 0 unspecified atom stereocenters. The number of hydrogen-bond donors (Lipinski definition) is 1. The minimum absolute atomic E-state index is 0.146. The number of amides is 1. The summed E-state index contributed by atoms with van der Waals surface area (Å²) in [6.07, 6.45) is 6.91. The number of hydrogen-bond acceptors (Lipinski definition) is 3. The summed E-state index contributed by atoms with van der Waals surface area (Å²) in [7, 11) is 0. The van der Waals surface area contributed by atoms with Crippen LogP contribution in [0.5, 0.6) is 0 Å². The molecule has 5 nitrogen and oxygen atoms in total. The first-order valence-electron chi connectivity index (χ1n) is 9.62. The number of carbonyl (C=O) groups is 1. The highest BCUT2D eigenvalue weighted by molar-refractivity contribution is 5.79. The molecule has 0 aliphatic heterocycles. The van der Waals surface area contributed by atoms with Crippen molar-refractivity contribution in [2.45, 2.75) is 43.9 Å². The fraction of sp³-hybridized carbons (Fsp3) is 0.318. The summed E-state index contributed by atoms with van der Waals surface area (Å²) in [6.45, 7) is 0. The van der Waals surface area contributed by atoms with E-state index in [1.54, 1.807) is 6.20 Å². The number of rotatable bonds is 6. The van der Waals surface area contributed by atoms with Crippen LogP contribution in [0.3, 0.4) is 0 Å². The average Bonchev–Trinajstić information content (AvgIpc) is 3.60. The van der Waals surface area contributed by atoms with Gasteiger partial charge in [0.15, 0.2) is 0 Å². The fourth-order valence-electron chi connectivity index (χ4n) is 3.66. The van der Waals surface area contributed by atoms with Crippen molar-refractivity contribution in [2.75, 3.05) is 0 Å². The van der Waals surface area contributed by atoms with E-state index in [0.29, 0.717) is 17.5 Å². The Bertz CT molecular complexity index is 997. The average molecular weight is 358 g/mol. The first kappa shape index (κ1) is 16.2. The second-order valence-corrected chi connectivity index (χ2v) is 7.64. The van der Waals surface area contributed by atoms with Crippen LogP contribution in [0.1, 0.15) is 54.6 Å². The first-order valence-corrected chi connectivity index (χ1v) is 9.62. The smallest absolute Gasteiger partial charge is 0.223 e. The number of primary amides is 1. The van der Waals surface area contributed by atoms with Crippen LogP contribution in [0.4, 0.5) is 0 Å². The third kappa shape index (κ3) is 3.25. The molecule has 2 fully saturated rings. The number of carbonyl (C=O) groups excluding carboxylic acids is 1. The van der Waals surface area contributed by atoms with Crippen LogP contribution in [-0.4, -0.2) is 20.7 Å². The van der Waals surface area contributed by atoms with Crippen molar-refractivity contribution >= 4 is 5.91 Å². The van der Waals surface area contributed by atoms with Crippen LogP contribution in [0.25, 0.3) is 16.8 Å². The zero-order valence-corrected chi connectivity index (χ0v) is 15.1. The Kier molecular flexibility index (Phi) is 3.81. The van der Waals surface area contributed by atoms with E-state index < -0.39 is 0 Å². The molecule has 3 aromatic rings. The molecule has 27 heavy (non-hydrogen) atoms. The van der Waals surface area contributed by atoms with E-state index in [9.17, 15) is 4.79 Å². The Morgan fingerprint density at radius 1 is 1.07 bits per heavy atom. The van der Waals surface area contributed by atoms with Crippen molar-refractivity contribution < 1.29 is 4.79 Å². The van der Waals surface area contributed by atoms with Gasteiger partial charge in [-0.1, -0.05) is 18.2 Å². The van der Waals surface area contributed by atoms with Gasteiger partial charge < -0.3 is 5.73 Å². The summed E-state index contributed by atoms with van der Waals surface area (Å²) < 4.78 is 2.13.